The zero-order chi connectivity index (χ0) is 29.0. The second-order valence-electron chi connectivity index (χ2n) is 9.23. The van der Waals surface area contributed by atoms with Gasteiger partial charge in [-0.15, -0.1) is 0 Å². The second kappa shape index (κ2) is 12.2. The molecule has 0 aliphatic rings. The molecule has 0 aliphatic heterocycles. The van der Waals surface area contributed by atoms with Gasteiger partial charge >= 0.3 is 0 Å². The van der Waals surface area contributed by atoms with Crippen molar-refractivity contribution in [3.8, 4) is 22.6 Å². The first-order chi connectivity index (χ1) is 19.7. The number of thiophene rings is 1. The van der Waals surface area contributed by atoms with E-state index in [4.69, 9.17) is 11.6 Å². The molecule has 0 spiro atoms. The molecule has 0 atom stereocenters. The highest BCUT2D eigenvalue weighted by molar-refractivity contribution is 7.89. The lowest BCUT2D eigenvalue weighted by Gasteiger charge is -2.23. The molecule has 208 valence electrons. The molecule has 0 aliphatic carbocycles. The number of carbonyl (C=O) groups excluding carboxylic acids is 1. The summed E-state index contributed by atoms with van der Waals surface area (Å²) >= 11 is 7.53. The monoisotopic (exact) mass is 604 g/mol. The highest BCUT2D eigenvalue weighted by atomic mass is 35.5. The van der Waals surface area contributed by atoms with Crippen molar-refractivity contribution < 1.29 is 23.4 Å². The Bertz CT molecular complexity index is 1760. The van der Waals surface area contributed by atoms with Gasteiger partial charge in [0, 0.05) is 18.3 Å². The highest BCUT2D eigenvalue weighted by Crippen LogP contribution is 2.34. The van der Waals surface area contributed by atoms with E-state index < -0.39 is 15.9 Å². The lowest BCUT2D eigenvalue weighted by atomic mass is 10.0. The number of phenols is 2. The van der Waals surface area contributed by atoms with Crippen LogP contribution in [0.1, 0.15) is 21.5 Å². The van der Waals surface area contributed by atoms with E-state index in [9.17, 15) is 23.4 Å². The fraction of sp³-hybridized carbons (Fsp3) is 0.0645. The molecule has 10 heteroatoms. The van der Waals surface area contributed by atoms with Crippen LogP contribution in [-0.4, -0.2) is 24.5 Å². The Hall–Kier alpha value is -4.15. The average molecular weight is 605 g/mol. The van der Waals surface area contributed by atoms with Gasteiger partial charge in [-0.05, 0) is 69.4 Å². The average Bonchev–Trinajstić information content (AvgIpc) is 3.51. The first kappa shape index (κ1) is 28.4. The molecule has 0 fully saturated rings. The smallest absolute Gasteiger partial charge is 0.262 e. The van der Waals surface area contributed by atoms with Gasteiger partial charge in [-0.3, -0.25) is 4.79 Å². The molecule has 41 heavy (non-hydrogen) atoms. The summed E-state index contributed by atoms with van der Waals surface area (Å²) in [5, 5.41) is 24.0. The summed E-state index contributed by atoms with van der Waals surface area (Å²) in [6, 6.07) is 27.3. The van der Waals surface area contributed by atoms with Crippen LogP contribution in [0.15, 0.2) is 113 Å². The van der Waals surface area contributed by atoms with Crippen LogP contribution in [0.25, 0.3) is 11.1 Å². The van der Waals surface area contributed by atoms with Crippen LogP contribution >= 0.6 is 22.9 Å². The molecule has 0 unspecified atom stereocenters. The lowest BCUT2D eigenvalue weighted by molar-refractivity contribution is 0.0982. The van der Waals surface area contributed by atoms with E-state index in [2.05, 4.69) is 4.72 Å². The van der Waals surface area contributed by atoms with Crippen molar-refractivity contribution in [1.82, 2.24) is 4.72 Å². The Balaban J connectivity index is 1.37. The van der Waals surface area contributed by atoms with Crippen molar-refractivity contribution in [1.29, 1.82) is 0 Å². The van der Waals surface area contributed by atoms with Crippen LogP contribution < -0.4 is 9.62 Å². The number of nitrogens with one attached hydrogen (secondary N) is 1. The zero-order valence-electron chi connectivity index (χ0n) is 21.6. The maximum atomic E-state index is 13.6. The van der Waals surface area contributed by atoms with Crippen molar-refractivity contribution in [2.45, 2.75) is 18.0 Å². The van der Waals surface area contributed by atoms with E-state index in [-0.39, 0.29) is 40.1 Å². The number of rotatable bonds is 9. The number of benzene rings is 4. The van der Waals surface area contributed by atoms with E-state index in [0.717, 1.165) is 28.3 Å². The SMILES string of the molecule is O=C(c1cc(Cl)c(O)cc1O)N(Cc1ccsc1)c1ccc(-c2ccc(S(=O)(=O)NCc3ccccc3)cc2)cc1. The number of carbonyl (C=O) groups is 1. The molecular formula is C31H25ClN2O5S2. The molecule has 1 amide bonds. The summed E-state index contributed by atoms with van der Waals surface area (Å²) < 4.78 is 28.1. The maximum Gasteiger partial charge on any atom is 0.262 e. The van der Waals surface area contributed by atoms with Gasteiger partial charge in [0.1, 0.15) is 11.5 Å². The summed E-state index contributed by atoms with van der Waals surface area (Å²) in [5.74, 6) is -1.18. The number of hydrogen-bond donors (Lipinski definition) is 3. The topological polar surface area (TPSA) is 107 Å². The van der Waals surface area contributed by atoms with Gasteiger partial charge < -0.3 is 15.1 Å². The quantitative estimate of drug-likeness (QED) is 0.171. The van der Waals surface area contributed by atoms with Gasteiger partial charge in [0.25, 0.3) is 5.91 Å². The van der Waals surface area contributed by atoms with Crippen LogP contribution in [0, 0.1) is 0 Å². The Labute approximate surface area is 247 Å². The van der Waals surface area contributed by atoms with Gasteiger partial charge in [-0.2, -0.15) is 11.3 Å². The Morgan fingerprint density at radius 3 is 2.12 bits per heavy atom. The number of aromatic hydroxyl groups is 2. The van der Waals surface area contributed by atoms with Gasteiger partial charge in [-0.1, -0.05) is 66.2 Å². The molecule has 7 nitrogen and oxygen atoms in total. The van der Waals surface area contributed by atoms with Gasteiger partial charge in [0.2, 0.25) is 10.0 Å². The van der Waals surface area contributed by atoms with Crippen LogP contribution in [0.4, 0.5) is 5.69 Å². The molecule has 0 bridgehead atoms. The number of phenolic OH excluding ortho intramolecular Hbond substituents is 2. The maximum absolute atomic E-state index is 13.6. The Morgan fingerprint density at radius 2 is 1.49 bits per heavy atom. The number of sulfonamides is 1. The second-order valence-corrected chi connectivity index (χ2v) is 12.2. The van der Waals surface area contributed by atoms with Crippen LogP contribution in [-0.2, 0) is 23.1 Å². The molecule has 3 N–H and O–H groups in total. The molecular weight excluding hydrogens is 580 g/mol. The van der Waals surface area contributed by atoms with Crippen LogP contribution in [0.5, 0.6) is 11.5 Å². The molecule has 1 heterocycles. The number of anilines is 1. The molecule has 1 aromatic heterocycles. The van der Waals surface area contributed by atoms with Crippen molar-refractivity contribution in [3.05, 3.63) is 130 Å². The largest absolute Gasteiger partial charge is 0.507 e. The Morgan fingerprint density at radius 1 is 0.829 bits per heavy atom. The summed E-state index contributed by atoms with van der Waals surface area (Å²) in [7, 11) is -3.68. The Kier molecular flexibility index (Phi) is 8.41. The van der Waals surface area contributed by atoms with E-state index in [1.165, 1.54) is 22.3 Å². The third kappa shape index (κ3) is 6.61. The number of amides is 1. The van der Waals surface area contributed by atoms with E-state index in [0.29, 0.717) is 5.69 Å². The minimum absolute atomic E-state index is 0.0372. The zero-order valence-corrected chi connectivity index (χ0v) is 24.0. The van der Waals surface area contributed by atoms with Crippen molar-refractivity contribution in [3.63, 3.8) is 0 Å². The number of halogens is 1. The standard InChI is InChI=1S/C31H25ClN2O5S2/c32-28-16-27(29(35)17-30(28)36)31(37)34(19-22-14-15-40-20-22)25-10-6-23(7-11-25)24-8-12-26(13-9-24)41(38,39)33-18-21-4-2-1-3-5-21/h1-17,20,33,35-36H,18-19H2. The predicted molar refractivity (Wildman–Crippen MR) is 162 cm³/mol. The fourth-order valence-corrected chi connectivity index (χ4v) is 6.07. The molecule has 4 aromatic carbocycles. The van der Waals surface area contributed by atoms with Gasteiger partial charge in [-0.25, -0.2) is 13.1 Å². The third-order valence-corrected chi connectivity index (χ3v) is 8.90. The summed E-state index contributed by atoms with van der Waals surface area (Å²) in [5.41, 5.74) is 3.95. The molecule has 0 saturated heterocycles. The van der Waals surface area contributed by atoms with E-state index in [1.54, 1.807) is 36.4 Å². The predicted octanol–water partition coefficient (Wildman–Crippen LogP) is 6.81. The summed E-state index contributed by atoms with van der Waals surface area (Å²) in [6.07, 6.45) is 0. The summed E-state index contributed by atoms with van der Waals surface area (Å²) in [6.45, 7) is 0.448. The van der Waals surface area contributed by atoms with Gasteiger partial charge in [0.15, 0.2) is 0 Å². The van der Waals surface area contributed by atoms with Gasteiger partial charge in [0.05, 0.1) is 22.0 Å². The van der Waals surface area contributed by atoms with Crippen molar-refractivity contribution in [2.24, 2.45) is 0 Å². The van der Waals surface area contributed by atoms with Crippen molar-refractivity contribution in [2.75, 3.05) is 4.90 Å². The van der Waals surface area contributed by atoms with E-state index in [1.807, 2.05) is 59.3 Å². The molecule has 0 radical (unpaired) electrons. The molecule has 0 saturated carbocycles. The summed E-state index contributed by atoms with van der Waals surface area (Å²) in [4.78, 5) is 15.2. The normalized spacial score (nSPS) is 11.3. The molecule has 5 rings (SSSR count). The molecule has 5 aromatic rings. The van der Waals surface area contributed by atoms with Crippen molar-refractivity contribution >= 4 is 44.6 Å². The minimum Gasteiger partial charge on any atom is -0.507 e. The number of hydrogen-bond acceptors (Lipinski definition) is 6. The highest BCUT2D eigenvalue weighted by Gasteiger charge is 2.23. The first-order valence-electron chi connectivity index (χ1n) is 12.5. The third-order valence-electron chi connectivity index (χ3n) is 6.45. The van der Waals surface area contributed by atoms with Crippen LogP contribution in [0.3, 0.4) is 0 Å². The van der Waals surface area contributed by atoms with Crippen LogP contribution in [0.2, 0.25) is 5.02 Å². The first-order valence-corrected chi connectivity index (χ1v) is 15.3. The minimum atomic E-state index is -3.68. The lowest BCUT2D eigenvalue weighted by Crippen LogP contribution is -2.30. The fourth-order valence-electron chi connectivity index (χ4n) is 4.23. The number of nitrogens with zero attached hydrogens (tertiary/aromatic N) is 1. The van der Waals surface area contributed by atoms with E-state index >= 15 is 0 Å².